The van der Waals surface area contributed by atoms with E-state index in [1.165, 1.54) is 15.7 Å². The van der Waals surface area contributed by atoms with Gasteiger partial charge < -0.3 is 5.32 Å². The Bertz CT molecular complexity index is 1390. The molecule has 4 aromatic rings. The molecule has 3 heterocycles. The maximum atomic E-state index is 13.1. The number of hydrogen-bond acceptors (Lipinski definition) is 5. The molecule has 0 saturated carbocycles. The molecular formula is C22H25N5O3S. The van der Waals surface area contributed by atoms with Crippen molar-refractivity contribution in [2.24, 2.45) is 5.92 Å². The Hall–Kier alpha value is -3.20. The number of hydrogen-bond donors (Lipinski definition) is 1. The Morgan fingerprint density at radius 2 is 1.87 bits per heavy atom. The average Bonchev–Trinajstić information content (AvgIpc) is 3.26. The number of carbonyl (C=O) groups is 1. The van der Waals surface area contributed by atoms with Crippen molar-refractivity contribution >= 4 is 38.9 Å². The van der Waals surface area contributed by atoms with Gasteiger partial charge >= 0.3 is 5.69 Å². The standard InChI is InChI=1S/C22H25N5O3S/c1-13(2)5-7-25-20(29)19-17(6-8-31-19)27-21(25)24-26(22(27)30)12-18(28)23-16-10-14(3)9-15(4)11-16/h6,8-11,13H,5,7,12H2,1-4H3,(H,23,28). The molecule has 1 N–H and O–H groups in total. The van der Waals surface area contributed by atoms with Crippen molar-refractivity contribution in [3.8, 4) is 0 Å². The topological polar surface area (TPSA) is 90.4 Å². The van der Waals surface area contributed by atoms with Crippen molar-refractivity contribution in [1.29, 1.82) is 0 Å². The number of benzene rings is 1. The number of aromatic nitrogens is 4. The summed E-state index contributed by atoms with van der Waals surface area (Å²) in [5.41, 5.74) is 2.68. The molecule has 3 aromatic heterocycles. The van der Waals surface area contributed by atoms with Gasteiger partial charge in [-0.05, 0) is 60.9 Å². The lowest BCUT2D eigenvalue weighted by molar-refractivity contribution is -0.117. The number of aryl methyl sites for hydroxylation is 3. The second-order valence-corrected chi connectivity index (χ2v) is 9.19. The van der Waals surface area contributed by atoms with Crippen molar-refractivity contribution in [1.82, 2.24) is 18.7 Å². The lowest BCUT2D eigenvalue weighted by Crippen LogP contribution is -2.29. The van der Waals surface area contributed by atoms with Gasteiger partial charge in [-0.1, -0.05) is 19.9 Å². The second kappa shape index (κ2) is 8.14. The predicted molar refractivity (Wildman–Crippen MR) is 123 cm³/mol. The van der Waals surface area contributed by atoms with Crippen LogP contribution in [0, 0.1) is 19.8 Å². The summed E-state index contributed by atoms with van der Waals surface area (Å²) in [6, 6.07) is 7.50. The van der Waals surface area contributed by atoms with Crippen molar-refractivity contribution in [2.75, 3.05) is 5.32 Å². The van der Waals surface area contributed by atoms with E-state index in [1.54, 1.807) is 16.0 Å². The Kier molecular flexibility index (Phi) is 5.53. The molecule has 4 rings (SSSR count). The highest BCUT2D eigenvalue weighted by Gasteiger charge is 2.19. The van der Waals surface area contributed by atoms with Crippen LogP contribution in [0.25, 0.3) is 16.0 Å². The number of anilines is 1. The molecule has 0 aliphatic rings. The third-order valence-corrected chi connectivity index (χ3v) is 6.01. The smallest absolute Gasteiger partial charge is 0.324 e. The molecule has 0 bridgehead atoms. The predicted octanol–water partition coefficient (Wildman–Crippen LogP) is 3.17. The number of amides is 1. The van der Waals surface area contributed by atoms with E-state index >= 15 is 0 Å². The number of thiophene rings is 1. The summed E-state index contributed by atoms with van der Waals surface area (Å²) < 4.78 is 4.60. The summed E-state index contributed by atoms with van der Waals surface area (Å²) in [4.78, 5) is 38.7. The molecule has 0 atom stereocenters. The van der Waals surface area contributed by atoms with Crippen LogP contribution in [0.1, 0.15) is 31.4 Å². The quantitative estimate of drug-likeness (QED) is 0.500. The summed E-state index contributed by atoms with van der Waals surface area (Å²) in [5, 5.41) is 8.99. The molecule has 9 heteroatoms. The van der Waals surface area contributed by atoms with Gasteiger partial charge in [0.1, 0.15) is 11.2 Å². The van der Waals surface area contributed by atoms with Crippen LogP contribution in [0.4, 0.5) is 5.69 Å². The van der Waals surface area contributed by atoms with Crippen molar-refractivity contribution in [2.45, 2.75) is 47.2 Å². The first-order valence-corrected chi connectivity index (χ1v) is 11.1. The minimum atomic E-state index is -0.438. The Morgan fingerprint density at radius 1 is 1.16 bits per heavy atom. The van der Waals surface area contributed by atoms with Crippen molar-refractivity contribution in [3.63, 3.8) is 0 Å². The first-order chi connectivity index (χ1) is 14.7. The van der Waals surface area contributed by atoms with Gasteiger partial charge in [0.25, 0.3) is 5.56 Å². The molecule has 0 radical (unpaired) electrons. The molecule has 0 unspecified atom stereocenters. The van der Waals surface area contributed by atoms with E-state index in [0.29, 0.717) is 28.4 Å². The van der Waals surface area contributed by atoms with E-state index in [1.807, 2.05) is 32.0 Å². The van der Waals surface area contributed by atoms with Gasteiger partial charge in [0.15, 0.2) is 0 Å². The Balaban J connectivity index is 1.74. The molecule has 1 amide bonds. The minimum absolute atomic E-state index is 0.157. The monoisotopic (exact) mass is 439 g/mol. The van der Waals surface area contributed by atoms with E-state index < -0.39 is 5.69 Å². The number of rotatable bonds is 6. The van der Waals surface area contributed by atoms with E-state index in [9.17, 15) is 14.4 Å². The highest BCUT2D eigenvalue weighted by molar-refractivity contribution is 7.17. The summed E-state index contributed by atoms with van der Waals surface area (Å²) in [5.74, 6) is 0.303. The van der Waals surface area contributed by atoms with Gasteiger partial charge in [-0.25, -0.2) is 13.9 Å². The molecule has 8 nitrogen and oxygen atoms in total. The van der Waals surface area contributed by atoms with Crippen molar-refractivity contribution in [3.05, 3.63) is 61.6 Å². The van der Waals surface area contributed by atoms with E-state index in [0.717, 1.165) is 22.2 Å². The molecule has 162 valence electrons. The van der Waals surface area contributed by atoms with Gasteiger partial charge in [-0.3, -0.25) is 14.2 Å². The normalized spacial score (nSPS) is 11.6. The Labute approximate surface area is 182 Å². The SMILES string of the molecule is Cc1cc(C)cc(NC(=O)Cn2nc3n(CCC(C)C)c(=O)c4sccc4n3c2=O)c1. The fraction of sp³-hybridized carbons (Fsp3) is 0.364. The minimum Gasteiger partial charge on any atom is -0.324 e. The lowest BCUT2D eigenvalue weighted by atomic mass is 10.1. The van der Waals surface area contributed by atoms with E-state index in [4.69, 9.17) is 0 Å². The fourth-order valence-electron chi connectivity index (χ4n) is 3.71. The van der Waals surface area contributed by atoms with Gasteiger partial charge in [0.05, 0.1) is 5.52 Å². The van der Waals surface area contributed by atoms with Crippen LogP contribution in [0.2, 0.25) is 0 Å². The summed E-state index contributed by atoms with van der Waals surface area (Å²) >= 11 is 1.30. The van der Waals surface area contributed by atoms with Crippen molar-refractivity contribution < 1.29 is 4.79 Å². The van der Waals surface area contributed by atoms with Crippen LogP contribution in [0.15, 0.2) is 39.2 Å². The summed E-state index contributed by atoms with van der Waals surface area (Å²) in [7, 11) is 0. The molecule has 0 fully saturated rings. The molecule has 1 aromatic carbocycles. The third-order valence-electron chi connectivity index (χ3n) is 5.12. The largest absolute Gasteiger partial charge is 0.352 e. The molecule has 0 aliphatic carbocycles. The van der Waals surface area contributed by atoms with Gasteiger partial charge in [0, 0.05) is 12.2 Å². The average molecular weight is 440 g/mol. The summed E-state index contributed by atoms with van der Waals surface area (Å²) in [6.45, 7) is 8.29. The van der Waals surface area contributed by atoms with Crippen LogP contribution < -0.4 is 16.6 Å². The molecule has 0 saturated heterocycles. The number of nitrogens with zero attached hydrogens (tertiary/aromatic N) is 4. The number of carbonyl (C=O) groups excluding carboxylic acids is 1. The molecule has 31 heavy (non-hydrogen) atoms. The maximum Gasteiger partial charge on any atom is 0.352 e. The molecule has 0 aliphatic heterocycles. The van der Waals surface area contributed by atoms with Crippen LogP contribution in [-0.2, 0) is 17.9 Å². The highest BCUT2D eigenvalue weighted by atomic mass is 32.1. The fourth-order valence-corrected chi connectivity index (χ4v) is 4.53. The van der Waals surface area contributed by atoms with Crippen LogP contribution in [-0.4, -0.2) is 24.7 Å². The lowest BCUT2D eigenvalue weighted by Gasteiger charge is -2.09. The first kappa shape index (κ1) is 21.0. The molecular weight excluding hydrogens is 414 g/mol. The van der Waals surface area contributed by atoms with Crippen LogP contribution in [0.5, 0.6) is 0 Å². The van der Waals surface area contributed by atoms with E-state index in [2.05, 4.69) is 24.3 Å². The zero-order chi connectivity index (χ0) is 22.3. The maximum absolute atomic E-state index is 13.1. The van der Waals surface area contributed by atoms with Crippen LogP contribution in [0.3, 0.4) is 0 Å². The number of nitrogens with one attached hydrogen (secondary N) is 1. The van der Waals surface area contributed by atoms with Gasteiger partial charge in [-0.15, -0.1) is 16.4 Å². The zero-order valence-electron chi connectivity index (χ0n) is 18.0. The van der Waals surface area contributed by atoms with Gasteiger partial charge in [-0.2, -0.15) is 0 Å². The number of fused-ring (bicyclic) bond motifs is 3. The van der Waals surface area contributed by atoms with Crippen LogP contribution >= 0.6 is 11.3 Å². The molecule has 0 spiro atoms. The third kappa shape index (κ3) is 4.05. The Morgan fingerprint density at radius 3 is 2.55 bits per heavy atom. The summed E-state index contributed by atoms with van der Waals surface area (Å²) in [6.07, 6.45) is 0.778. The van der Waals surface area contributed by atoms with Gasteiger partial charge in [0.2, 0.25) is 11.7 Å². The second-order valence-electron chi connectivity index (χ2n) is 8.27. The van der Waals surface area contributed by atoms with E-state index in [-0.39, 0.29) is 23.8 Å². The highest BCUT2D eigenvalue weighted by Crippen LogP contribution is 2.18. The first-order valence-electron chi connectivity index (χ1n) is 10.2. The zero-order valence-corrected chi connectivity index (χ0v) is 18.8.